The van der Waals surface area contributed by atoms with E-state index >= 15 is 0 Å². The zero-order valence-corrected chi connectivity index (χ0v) is 10.8. The molecule has 0 aliphatic heterocycles. The SMILES string of the molecule is c1nc2cc(CNC3CCCCC3)ccc2s1. The Morgan fingerprint density at radius 3 is 3.00 bits per heavy atom. The summed E-state index contributed by atoms with van der Waals surface area (Å²) in [6.07, 6.45) is 6.90. The summed E-state index contributed by atoms with van der Waals surface area (Å²) in [5.41, 5.74) is 4.41. The lowest BCUT2D eigenvalue weighted by atomic mass is 9.95. The second kappa shape index (κ2) is 5.15. The van der Waals surface area contributed by atoms with Gasteiger partial charge in [-0.1, -0.05) is 25.3 Å². The summed E-state index contributed by atoms with van der Waals surface area (Å²) in [5, 5.41) is 3.67. The molecular weight excluding hydrogens is 228 g/mol. The maximum atomic E-state index is 4.36. The van der Waals surface area contributed by atoms with Gasteiger partial charge in [0.1, 0.15) is 0 Å². The van der Waals surface area contributed by atoms with Crippen molar-refractivity contribution in [1.29, 1.82) is 0 Å². The van der Waals surface area contributed by atoms with E-state index < -0.39 is 0 Å². The largest absolute Gasteiger partial charge is 0.310 e. The summed E-state index contributed by atoms with van der Waals surface area (Å²) >= 11 is 1.71. The number of nitrogens with one attached hydrogen (secondary N) is 1. The van der Waals surface area contributed by atoms with Gasteiger partial charge in [0.2, 0.25) is 0 Å². The van der Waals surface area contributed by atoms with Crippen molar-refractivity contribution in [2.45, 2.75) is 44.7 Å². The molecule has 1 fully saturated rings. The number of benzene rings is 1. The predicted molar refractivity (Wildman–Crippen MR) is 73.3 cm³/mol. The molecule has 2 aromatic rings. The van der Waals surface area contributed by atoms with E-state index in [1.165, 1.54) is 42.4 Å². The van der Waals surface area contributed by atoms with Crippen molar-refractivity contribution in [3.05, 3.63) is 29.3 Å². The molecule has 1 N–H and O–H groups in total. The number of hydrogen-bond donors (Lipinski definition) is 1. The van der Waals surface area contributed by atoms with Gasteiger partial charge in [-0.25, -0.2) is 4.98 Å². The second-order valence-corrected chi connectivity index (χ2v) is 5.76. The van der Waals surface area contributed by atoms with E-state index in [2.05, 4.69) is 28.5 Å². The molecule has 1 aromatic carbocycles. The average Bonchev–Trinajstić information content (AvgIpc) is 2.85. The Labute approximate surface area is 106 Å². The lowest BCUT2D eigenvalue weighted by molar-refractivity contribution is 0.372. The molecule has 3 heteroatoms. The Balaban J connectivity index is 1.63. The van der Waals surface area contributed by atoms with Gasteiger partial charge in [0.05, 0.1) is 15.7 Å². The van der Waals surface area contributed by atoms with Gasteiger partial charge in [-0.05, 0) is 30.5 Å². The number of thiazole rings is 1. The Hall–Kier alpha value is -0.930. The van der Waals surface area contributed by atoms with Crippen LogP contribution in [0.25, 0.3) is 10.2 Å². The zero-order chi connectivity index (χ0) is 11.5. The minimum atomic E-state index is 0.731. The van der Waals surface area contributed by atoms with Crippen molar-refractivity contribution in [1.82, 2.24) is 10.3 Å². The molecule has 3 rings (SSSR count). The van der Waals surface area contributed by atoms with Crippen molar-refractivity contribution in [3.63, 3.8) is 0 Å². The minimum Gasteiger partial charge on any atom is -0.310 e. The monoisotopic (exact) mass is 246 g/mol. The molecule has 0 amide bonds. The Morgan fingerprint density at radius 2 is 2.12 bits per heavy atom. The first kappa shape index (κ1) is 11.2. The summed E-state index contributed by atoms with van der Waals surface area (Å²) in [7, 11) is 0. The maximum absolute atomic E-state index is 4.36. The van der Waals surface area contributed by atoms with Gasteiger partial charge < -0.3 is 5.32 Å². The highest BCUT2D eigenvalue weighted by Crippen LogP contribution is 2.20. The number of rotatable bonds is 3. The molecule has 0 radical (unpaired) electrons. The number of aromatic nitrogens is 1. The molecule has 1 saturated carbocycles. The summed E-state index contributed by atoms with van der Waals surface area (Å²) < 4.78 is 1.28. The third kappa shape index (κ3) is 2.67. The quantitative estimate of drug-likeness (QED) is 0.893. The molecule has 0 saturated heterocycles. The van der Waals surface area contributed by atoms with Crippen LogP contribution in [-0.4, -0.2) is 11.0 Å². The standard InChI is InChI=1S/C14H18N2S/c1-2-4-12(5-3-1)15-9-11-6-7-14-13(8-11)16-10-17-14/h6-8,10,12,15H,1-5,9H2. The van der Waals surface area contributed by atoms with Crippen LogP contribution in [0, 0.1) is 0 Å². The van der Waals surface area contributed by atoms with E-state index in [-0.39, 0.29) is 0 Å². The topological polar surface area (TPSA) is 24.9 Å². The molecule has 1 aliphatic carbocycles. The molecule has 90 valence electrons. The van der Waals surface area contributed by atoms with Crippen LogP contribution in [0.15, 0.2) is 23.7 Å². The summed E-state index contributed by atoms with van der Waals surface area (Å²) in [4.78, 5) is 4.36. The summed E-state index contributed by atoms with van der Waals surface area (Å²) in [6.45, 7) is 0.984. The lowest BCUT2D eigenvalue weighted by Gasteiger charge is -2.22. The van der Waals surface area contributed by atoms with E-state index in [9.17, 15) is 0 Å². The molecular formula is C14H18N2S. The molecule has 0 spiro atoms. The van der Waals surface area contributed by atoms with Gasteiger partial charge in [-0.15, -0.1) is 11.3 Å². The van der Waals surface area contributed by atoms with E-state index in [1.54, 1.807) is 11.3 Å². The fraction of sp³-hybridized carbons (Fsp3) is 0.500. The van der Waals surface area contributed by atoms with Crippen LogP contribution < -0.4 is 5.32 Å². The Bertz CT molecular complexity index is 486. The first-order chi connectivity index (χ1) is 8.42. The number of fused-ring (bicyclic) bond motifs is 1. The minimum absolute atomic E-state index is 0.731. The molecule has 0 atom stereocenters. The maximum Gasteiger partial charge on any atom is 0.0815 e. The summed E-state index contributed by atoms with van der Waals surface area (Å²) in [6, 6.07) is 7.35. The molecule has 0 unspecified atom stereocenters. The first-order valence-electron chi connectivity index (χ1n) is 6.47. The molecule has 1 heterocycles. The fourth-order valence-electron chi connectivity index (χ4n) is 2.58. The van der Waals surface area contributed by atoms with Crippen LogP contribution >= 0.6 is 11.3 Å². The van der Waals surface area contributed by atoms with Crippen molar-refractivity contribution in [2.24, 2.45) is 0 Å². The van der Waals surface area contributed by atoms with Gasteiger partial charge in [-0.3, -0.25) is 0 Å². The van der Waals surface area contributed by atoms with Crippen LogP contribution in [-0.2, 0) is 6.54 Å². The normalized spacial score (nSPS) is 17.6. The van der Waals surface area contributed by atoms with Gasteiger partial charge in [0.15, 0.2) is 0 Å². The van der Waals surface area contributed by atoms with Gasteiger partial charge in [0, 0.05) is 12.6 Å². The highest BCUT2D eigenvalue weighted by atomic mass is 32.1. The molecule has 1 aromatic heterocycles. The van der Waals surface area contributed by atoms with E-state index in [4.69, 9.17) is 0 Å². The molecule has 2 nitrogen and oxygen atoms in total. The zero-order valence-electron chi connectivity index (χ0n) is 9.98. The third-order valence-corrected chi connectivity index (χ3v) is 4.40. The lowest BCUT2D eigenvalue weighted by Crippen LogP contribution is -2.30. The van der Waals surface area contributed by atoms with Crippen LogP contribution in [0.4, 0.5) is 0 Å². The van der Waals surface area contributed by atoms with Crippen molar-refractivity contribution in [3.8, 4) is 0 Å². The molecule has 0 bridgehead atoms. The van der Waals surface area contributed by atoms with Crippen LogP contribution in [0.3, 0.4) is 0 Å². The number of hydrogen-bond acceptors (Lipinski definition) is 3. The third-order valence-electron chi connectivity index (χ3n) is 3.59. The van der Waals surface area contributed by atoms with E-state index in [0.717, 1.165) is 18.1 Å². The van der Waals surface area contributed by atoms with Gasteiger partial charge in [-0.2, -0.15) is 0 Å². The average molecular weight is 246 g/mol. The predicted octanol–water partition coefficient (Wildman–Crippen LogP) is 3.72. The number of nitrogens with zero attached hydrogens (tertiary/aromatic N) is 1. The van der Waals surface area contributed by atoms with Gasteiger partial charge in [0.25, 0.3) is 0 Å². The Kier molecular flexibility index (Phi) is 3.39. The van der Waals surface area contributed by atoms with E-state index in [1.807, 2.05) is 5.51 Å². The smallest absolute Gasteiger partial charge is 0.0815 e. The van der Waals surface area contributed by atoms with Crippen molar-refractivity contribution < 1.29 is 0 Å². The van der Waals surface area contributed by atoms with Crippen molar-refractivity contribution in [2.75, 3.05) is 0 Å². The first-order valence-corrected chi connectivity index (χ1v) is 7.35. The highest BCUT2D eigenvalue weighted by molar-refractivity contribution is 7.16. The molecule has 17 heavy (non-hydrogen) atoms. The van der Waals surface area contributed by atoms with Crippen LogP contribution in [0.1, 0.15) is 37.7 Å². The summed E-state index contributed by atoms with van der Waals surface area (Å²) in [5.74, 6) is 0. The van der Waals surface area contributed by atoms with Crippen LogP contribution in [0.5, 0.6) is 0 Å². The van der Waals surface area contributed by atoms with Crippen LogP contribution in [0.2, 0.25) is 0 Å². The fourth-order valence-corrected chi connectivity index (χ4v) is 3.24. The van der Waals surface area contributed by atoms with Crippen molar-refractivity contribution >= 4 is 21.6 Å². The van der Waals surface area contributed by atoms with E-state index in [0.29, 0.717) is 0 Å². The highest BCUT2D eigenvalue weighted by Gasteiger charge is 2.12. The second-order valence-electron chi connectivity index (χ2n) is 4.87. The van der Waals surface area contributed by atoms with Gasteiger partial charge >= 0.3 is 0 Å². The Morgan fingerprint density at radius 1 is 1.24 bits per heavy atom. The molecule has 1 aliphatic rings.